The second-order valence-corrected chi connectivity index (χ2v) is 6.71. The number of hydrogen-bond donors (Lipinski definition) is 0. The number of esters is 1. The van der Waals surface area contributed by atoms with Gasteiger partial charge in [-0.2, -0.15) is 0 Å². The number of carbonyl (C=O) groups is 1. The quantitative estimate of drug-likeness (QED) is 0.617. The molecule has 0 aliphatic carbocycles. The molecule has 6 heteroatoms. The van der Waals surface area contributed by atoms with E-state index < -0.39 is 16.0 Å². The van der Waals surface area contributed by atoms with Crippen LogP contribution in [0.5, 0.6) is 0 Å². The minimum absolute atomic E-state index is 0.266. The van der Waals surface area contributed by atoms with E-state index in [-0.39, 0.29) is 4.90 Å². The molecule has 1 aromatic rings. The summed E-state index contributed by atoms with van der Waals surface area (Å²) in [5.74, 6) is -0.425. The van der Waals surface area contributed by atoms with Gasteiger partial charge < -0.3 is 4.74 Å². The average molecular weight is 321 g/mol. The summed E-state index contributed by atoms with van der Waals surface area (Å²) >= 11 is 0. The lowest BCUT2D eigenvalue weighted by atomic mass is 10.1. The molecule has 0 saturated heterocycles. The van der Waals surface area contributed by atoms with Gasteiger partial charge in [0.2, 0.25) is 0 Å². The largest absolute Gasteiger partial charge is 0.463 e. The molecule has 0 saturated carbocycles. The SMILES string of the molecule is CCOC(=O)/C=C/C1=CN(S(=O)(=O)c2ccccc2)CCC1. The lowest BCUT2D eigenvalue weighted by Gasteiger charge is -2.25. The minimum atomic E-state index is -3.54. The van der Waals surface area contributed by atoms with Gasteiger partial charge in [0.1, 0.15) is 0 Å². The summed E-state index contributed by atoms with van der Waals surface area (Å²) in [6, 6.07) is 8.32. The summed E-state index contributed by atoms with van der Waals surface area (Å²) < 4.78 is 31.2. The second kappa shape index (κ2) is 7.26. The number of nitrogens with zero attached hydrogens (tertiary/aromatic N) is 1. The van der Waals surface area contributed by atoms with E-state index in [9.17, 15) is 13.2 Å². The fraction of sp³-hybridized carbons (Fsp3) is 0.312. The number of rotatable bonds is 5. The Balaban J connectivity index is 2.19. The van der Waals surface area contributed by atoms with Gasteiger partial charge in [-0.05, 0) is 37.5 Å². The molecule has 1 aliphatic heterocycles. The first kappa shape index (κ1) is 16.3. The van der Waals surface area contributed by atoms with Crippen molar-refractivity contribution in [2.75, 3.05) is 13.2 Å². The van der Waals surface area contributed by atoms with Gasteiger partial charge in [0.15, 0.2) is 0 Å². The third kappa shape index (κ3) is 3.98. The molecule has 22 heavy (non-hydrogen) atoms. The predicted molar refractivity (Wildman–Crippen MR) is 83.4 cm³/mol. The van der Waals surface area contributed by atoms with Gasteiger partial charge in [0, 0.05) is 18.8 Å². The number of allylic oxidation sites excluding steroid dienone is 2. The molecule has 0 fully saturated rings. The van der Waals surface area contributed by atoms with Crippen LogP contribution in [-0.2, 0) is 19.6 Å². The average Bonchev–Trinajstić information content (AvgIpc) is 2.54. The molecular weight excluding hydrogens is 302 g/mol. The third-order valence-electron chi connectivity index (χ3n) is 3.22. The molecule has 1 aliphatic rings. The highest BCUT2D eigenvalue weighted by Crippen LogP contribution is 2.23. The van der Waals surface area contributed by atoms with Gasteiger partial charge in [0.05, 0.1) is 11.5 Å². The zero-order valence-corrected chi connectivity index (χ0v) is 13.3. The van der Waals surface area contributed by atoms with E-state index >= 15 is 0 Å². The van der Waals surface area contributed by atoms with Crippen LogP contribution >= 0.6 is 0 Å². The summed E-state index contributed by atoms with van der Waals surface area (Å²) in [6.45, 7) is 2.49. The molecule has 5 nitrogen and oxygen atoms in total. The Labute approximate surface area is 130 Å². The minimum Gasteiger partial charge on any atom is -0.463 e. The maximum Gasteiger partial charge on any atom is 0.330 e. The predicted octanol–water partition coefficient (Wildman–Crippen LogP) is 2.47. The van der Waals surface area contributed by atoms with Gasteiger partial charge >= 0.3 is 5.97 Å². The summed E-state index contributed by atoms with van der Waals surface area (Å²) in [7, 11) is -3.54. The van der Waals surface area contributed by atoms with E-state index in [0.29, 0.717) is 19.6 Å². The van der Waals surface area contributed by atoms with Crippen molar-refractivity contribution in [3.63, 3.8) is 0 Å². The van der Waals surface area contributed by atoms with Crippen LogP contribution in [0.4, 0.5) is 0 Å². The van der Waals surface area contributed by atoms with Gasteiger partial charge in [-0.1, -0.05) is 24.3 Å². The number of ether oxygens (including phenoxy) is 1. The Kier molecular flexibility index (Phi) is 5.38. The maximum absolute atomic E-state index is 12.5. The van der Waals surface area contributed by atoms with E-state index in [1.54, 1.807) is 49.5 Å². The highest BCUT2D eigenvalue weighted by molar-refractivity contribution is 7.89. The van der Waals surface area contributed by atoms with Crippen LogP contribution in [0.1, 0.15) is 19.8 Å². The number of sulfonamides is 1. The molecule has 118 valence electrons. The van der Waals surface area contributed by atoms with E-state index in [2.05, 4.69) is 0 Å². The van der Waals surface area contributed by atoms with E-state index in [0.717, 1.165) is 12.0 Å². The Morgan fingerprint density at radius 2 is 2.05 bits per heavy atom. The van der Waals surface area contributed by atoms with Crippen molar-refractivity contribution in [1.82, 2.24) is 4.31 Å². The monoisotopic (exact) mass is 321 g/mol. The van der Waals surface area contributed by atoms with Gasteiger partial charge in [-0.25, -0.2) is 13.2 Å². The van der Waals surface area contributed by atoms with Crippen molar-refractivity contribution in [3.8, 4) is 0 Å². The molecule has 0 radical (unpaired) electrons. The smallest absolute Gasteiger partial charge is 0.330 e. The first-order valence-corrected chi connectivity index (χ1v) is 8.60. The number of hydrogen-bond acceptors (Lipinski definition) is 4. The molecule has 0 amide bonds. The van der Waals surface area contributed by atoms with Crippen LogP contribution in [0.15, 0.2) is 59.2 Å². The summed E-state index contributed by atoms with van der Waals surface area (Å²) in [4.78, 5) is 11.6. The third-order valence-corrected chi connectivity index (χ3v) is 5.00. The molecule has 0 N–H and O–H groups in total. The van der Waals surface area contributed by atoms with E-state index in [1.807, 2.05) is 0 Å². The highest BCUT2D eigenvalue weighted by atomic mass is 32.2. The Bertz CT molecular complexity index is 677. The lowest BCUT2D eigenvalue weighted by molar-refractivity contribution is -0.137. The van der Waals surface area contributed by atoms with Crippen LogP contribution in [0, 0.1) is 0 Å². The Morgan fingerprint density at radius 1 is 1.32 bits per heavy atom. The van der Waals surface area contributed by atoms with E-state index in [1.165, 1.54) is 10.4 Å². The zero-order chi connectivity index (χ0) is 16.0. The second-order valence-electron chi connectivity index (χ2n) is 4.82. The van der Waals surface area contributed by atoms with Crippen molar-refractivity contribution in [2.24, 2.45) is 0 Å². The normalized spacial score (nSPS) is 15.7. The van der Waals surface area contributed by atoms with Crippen molar-refractivity contribution in [3.05, 3.63) is 54.3 Å². The topological polar surface area (TPSA) is 63.7 Å². The van der Waals surface area contributed by atoms with Gasteiger partial charge in [0.25, 0.3) is 10.0 Å². The number of carbonyl (C=O) groups excluding carboxylic acids is 1. The van der Waals surface area contributed by atoms with Crippen molar-refractivity contribution >= 4 is 16.0 Å². The summed E-state index contributed by atoms with van der Waals surface area (Å²) in [5, 5.41) is 0. The molecule has 0 bridgehead atoms. The fourth-order valence-corrected chi connectivity index (χ4v) is 3.58. The van der Waals surface area contributed by atoms with Gasteiger partial charge in [-0.15, -0.1) is 0 Å². The molecule has 0 aromatic heterocycles. The number of benzene rings is 1. The fourth-order valence-electron chi connectivity index (χ4n) is 2.16. The Morgan fingerprint density at radius 3 is 2.73 bits per heavy atom. The van der Waals surface area contributed by atoms with Crippen molar-refractivity contribution in [1.29, 1.82) is 0 Å². The molecule has 0 atom stereocenters. The van der Waals surface area contributed by atoms with Crippen LogP contribution in [0.3, 0.4) is 0 Å². The molecule has 1 aromatic carbocycles. The summed E-state index contributed by atoms with van der Waals surface area (Å²) in [5.41, 5.74) is 0.791. The molecule has 2 rings (SSSR count). The van der Waals surface area contributed by atoms with Gasteiger partial charge in [-0.3, -0.25) is 4.31 Å². The summed E-state index contributed by atoms with van der Waals surface area (Å²) in [6.07, 6.45) is 5.97. The van der Waals surface area contributed by atoms with Crippen molar-refractivity contribution in [2.45, 2.75) is 24.7 Å². The standard InChI is InChI=1S/C16H19NO4S/c1-2-21-16(18)11-10-14-7-6-12-17(13-14)22(19,20)15-8-4-3-5-9-15/h3-5,8-11,13H,2,6-7,12H2,1H3/b11-10+. The van der Waals surface area contributed by atoms with Crippen LogP contribution in [0.2, 0.25) is 0 Å². The molecule has 0 unspecified atom stereocenters. The van der Waals surface area contributed by atoms with Crippen LogP contribution in [0.25, 0.3) is 0 Å². The molecule has 0 spiro atoms. The van der Waals surface area contributed by atoms with Crippen molar-refractivity contribution < 1.29 is 17.9 Å². The molecular formula is C16H19NO4S. The van der Waals surface area contributed by atoms with E-state index in [4.69, 9.17) is 4.74 Å². The first-order valence-electron chi connectivity index (χ1n) is 7.16. The Hall–Kier alpha value is -2.08. The van der Waals surface area contributed by atoms with Crippen LogP contribution in [-0.4, -0.2) is 31.8 Å². The highest BCUT2D eigenvalue weighted by Gasteiger charge is 2.23. The molecule has 1 heterocycles. The lowest BCUT2D eigenvalue weighted by Crippen LogP contribution is -2.29. The maximum atomic E-state index is 12.5. The first-order chi connectivity index (χ1) is 10.5. The zero-order valence-electron chi connectivity index (χ0n) is 12.4. The van der Waals surface area contributed by atoms with Crippen LogP contribution < -0.4 is 0 Å².